The quantitative estimate of drug-likeness (QED) is 0.769. The Kier molecular flexibility index (Phi) is 4.58. The number of hydrogen-bond donors (Lipinski definition) is 1. The fourth-order valence-corrected chi connectivity index (χ4v) is 2.86. The Morgan fingerprint density at radius 2 is 1.73 bits per heavy atom. The Balaban J connectivity index is 2.08. The van der Waals surface area contributed by atoms with Gasteiger partial charge in [0, 0.05) is 22.9 Å². The smallest absolute Gasteiger partial charge is 0.416 e. The number of rotatable bonds is 3. The molecule has 136 valence electrons. The first-order chi connectivity index (χ1) is 12.2. The standard InChI is InChI=1S/C18H13ClF3NO3/c1-25-15-6-9(13(19)8-16(15)26-2)5-12-11-4-3-10(18(20,21)22)7-14(11)23-17(12)24/h3-8H,1-2H3,(H,23,24)/b12-5-. The fraction of sp³-hybridized carbons (Fsp3) is 0.167. The van der Waals surface area contributed by atoms with Crippen molar-refractivity contribution in [2.24, 2.45) is 0 Å². The second kappa shape index (κ2) is 6.57. The Morgan fingerprint density at radius 3 is 2.35 bits per heavy atom. The summed E-state index contributed by atoms with van der Waals surface area (Å²) in [5.74, 6) is 0.325. The number of hydrogen-bond acceptors (Lipinski definition) is 3. The van der Waals surface area contributed by atoms with Gasteiger partial charge in [0.15, 0.2) is 11.5 Å². The molecule has 0 aromatic heterocycles. The van der Waals surface area contributed by atoms with Crippen LogP contribution in [0.2, 0.25) is 5.02 Å². The van der Waals surface area contributed by atoms with E-state index in [4.69, 9.17) is 21.1 Å². The molecule has 2 aromatic rings. The maximum absolute atomic E-state index is 12.8. The molecular weight excluding hydrogens is 371 g/mol. The molecule has 8 heteroatoms. The normalized spacial score (nSPS) is 15.0. The molecule has 0 saturated carbocycles. The highest BCUT2D eigenvalue weighted by molar-refractivity contribution is 6.37. The lowest BCUT2D eigenvalue weighted by molar-refractivity contribution is -0.137. The fourth-order valence-electron chi connectivity index (χ4n) is 2.65. The number of nitrogens with one attached hydrogen (secondary N) is 1. The predicted octanol–water partition coefficient (Wildman–Crippen LogP) is 4.87. The average molecular weight is 384 g/mol. The highest BCUT2D eigenvalue weighted by Gasteiger charge is 2.33. The summed E-state index contributed by atoms with van der Waals surface area (Å²) >= 11 is 6.21. The summed E-state index contributed by atoms with van der Waals surface area (Å²) in [6.45, 7) is 0. The SMILES string of the molecule is COc1cc(Cl)c(/C=C2\C(=O)Nc3cc(C(F)(F)F)ccc32)cc1OC. The molecule has 1 amide bonds. The minimum Gasteiger partial charge on any atom is -0.493 e. The largest absolute Gasteiger partial charge is 0.493 e. The molecule has 26 heavy (non-hydrogen) atoms. The van der Waals surface area contributed by atoms with Crippen LogP contribution in [0.15, 0.2) is 30.3 Å². The number of carbonyl (C=O) groups is 1. The van der Waals surface area contributed by atoms with Crippen molar-refractivity contribution < 1.29 is 27.4 Å². The zero-order chi connectivity index (χ0) is 19.1. The maximum atomic E-state index is 12.8. The zero-order valence-corrected chi connectivity index (χ0v) is 14.5. The number of alkyl halides is 3. The van der Waals surface area contributed by atoms with Crippen LogP contribution in [0, 0.1) is 0 Å². The van der Waals surface area contributed by atoms with E-state index < -0.39 is 17.6 Å². The minimum absolute atomic E-state index is 0.104. The summed E-state index contributed by atoms with van der Waals surface area (Å²) in [6, 6.07) is 6.22. The number of carbonyl (C=O) groups excluding carboxylic acids is 1. The van der Waals surface area contributed by atoms with Crippen LogP contribution < -0.4 is 14.8 Å². The number of amides is 1. The zero-order valence-electron chi connectivity index (χ0n) is 13.7. The molecule has 0 radical (unpaired) electrons. The van der Waals surface area contributed by atoms with Crippen LogP contribution in [0.25, 0.3) is 11.6 Å². The monoisotopic (exact) mass is 383 g/mol. The van der Waals surface area contributed by atoms with Crippen molar-refractivity contribution in [1.82, 2.24) is 0 Å². The van der Waals surface area contributed by atoms with Gasteiger partial charge in [0.1, 0.15) is 0 Å². The molecule has 1 aliphatic rings. The van der Waals surface area contributed by atoms with Gasteiger partial charge >= 0.3 is 6.18 Å². The van der Waals surface area contributed by atoms with E-state index in [2.05, 4.69) is 5.32 Å². The first-order valence-corrected chi connectivity index (χ1v) is 7.78. The van der Waals surface area contributed by atoms with E-state index in [0.717, 1.165) is 12.1 Å². The van der Waals surface area contributed by atoms with Gasteiger partial charge in [-0.15, -0.1) is 0 Å². The molecule has 0 fully saturated rings. The van der Waals surface area contributed by atoms with Crippen molar-refractivity contribution >= 4 is 34.8 Å². The second-order valence-corrected chi connectivity index (χ2v) is 5.91. The van der Waals surface area contributed by atoms with Crippen molar-refractivity contribution in [1.29, 1.82) is 0 Å². The van der Waals surface area contributed by atoms with E-state index in [1.165, 1.54) is 32.4 Å². The van der Waals surface area contributed by atoms with Gasteiger partial charge in [-0.3, -0.25) is 4.79 Å². The molecule has 0 bridgehead atoms. The Hall–Kier alpha value is -2.67. The molecule has 0 atom stereocenters. The maximum Gasteiger partial charge on any atom is 0.416 e. The van der Waals surface area contributed by atoms with Crippen LogP contribution in [-0.4, -0.2) is 20.1 Å². The lowest BCUT2D eigenvalue weighted by atomic mass is 10.0. The van der Waals surface area contributed by atoms with Crippen LogP contribution >= 0.6 is 11.6 Å². The van der Waals surface area contributed by atoms with E-state index in [9.17, 15) is 18.0 Å². The Bertz CT molecular complexity index is 923. The van der Waals surface area contributed by atoms with Crippen LogP contribution in [0.4, 0.5) is 18.9 Å². The van der Waals surface area contributed by atoms with Crippen LogP contribution in [0.3, 0.4) is 0 Å². The third-order valence-electron chi connectivity index (χ3n) is 3.93. The summed E-state index contributed by atoms with van der Waals surface area (Å²) in [7, 11) is 2.92. The topological polar surface area (TPSA) is 47.6 Å². The van der Waals surface area contributed by atoms with Gasteiger partial charge in [0.25, 0.3) is 5.91 Å². The molecule has 3 rings (SSSR count). The summed E-state index contributed by atoms with van der Waals surface area (Å²) in [4.78, 5) is 12.2. The molecule has 4 nitrogen and oxygen atoms in total. The third-order valence-corrected chi connectivity index (χ3v) is 4.26. The van der Waals surface area contributed by atoms with Gasteiger partial charge in [0.2, 0.25) is 0 Å². The van der Waals surface area contributed by atoms with E-state index in [1.54, 1.807) is 6.07 Å². The Labute approximate surface area is 152 Å². The van der Waals surface area contributed by atoms with Gasteiger partial charge in [-0.25, -0.2) is 0 Å². The molecule has 2 aromatic carbocycles. The van der Waals surface area contributed by atoms with Gasteiger partial charge in [-0.1, -0.05) is 17.7 Å². The summed E-state index contributed by atoms with van der Waals surface area (Å²) in [6.07, 6.45) is -2.99. The second-order valence-electron chi connectivity index (χ2n) is 5.50. The molecule has 0 unspecified atom stereocenters. The average Bonchev–Trinajstić information content (AvgIpc) is 2.90. The molecule has 1 N–H and O–H groups in total. The minimum atomic E-state index is -4.49. The molecule has 1 aliphatic heterocycles. The highest BCUT2D eigenvalue weighted by Crippen LogP contribution is 2.40. The Morgan fingerprint density at radius 1 is 1.08 bits per heavy atom. The van der Waals surface area contributed by atoms with E-state index in [-0.39, 0.29) is 11.3 Å². The predicted molar refractivity (Wildman–Crippen MR) is 92.5 cm³/mol. The van der Waals surface area contributed by atoms with Crippen LogP contribution in [0.1, 0.15) is 16.7 Å². The third kappa shape index (κ3) is 3.22. The van der Waals surface area contributed by atoms with Crippen molar-refractivity contribution in [3.8, 4) is 11.5 Å². The number of anilines is 1. The van der Waals surface area contributed by atoms with Gasteiger partial charge in [-0.2, -0.15) is 13.2 Å². The summed E-state index contributed by atoms with van der Waals surface area (Å²) < 4.78 is 48.9. The lowest BCUT2D eigenvalue weighted by Gasteiger charge is -2.10. The number of benzene rings is 2. The first-order valence-electron chi connectivity index (χ1n) is 7.40. The van der Waals surface area contributed by atoms with Crippen molar-refractivity contribution in [3.05, 3.63) is 52.0 Å². The van der Waals surface area contributed by atoms with Gasteiger partial charge in [-0.05, 0) is 29.8 Å². The van der Waals surface area contributed by atoms with Crippen LogP contribution in [0.5, 0.6) is 11.5 Å². The molecular formula is C18H13ClF3NO3. The van der Waals surface area contributed by atoms with E-state index in [0.29, 0.717) is 27.6 Å². The number of ether oxygens (including phenoxy) is 2. The van der Waals surface area contributed by atoms with Crippen molar-refractivity contribution in [2.75, 3.05) is 19.5 Å². The molecule has 0 aliphatic carbocycles. The van der Waals surface area contributed by atoms with E-state index in [1.807, 2.05) is 0 Å². The number of methoxy groups -OCH3 is 2. The van der Waals surface area contributed by atoms with E-state index >= 15 is 0 Å². The van der Waals surface area contributed by atoms with Gasteiger partial charge in [0.05, 0.1) is 24.8 Å². The lowest BCUT2D eigenvalue weighted by Crippen LogP contribution is -2.06. The molecule has 0 spiro atoms. The molecule has 1 heterocycles. The van der Waals surface area contributed by atoms with Gasteiger partial charge < -0.3 is 14.8 Å². The highest BCUT2D eigenvalue weighted by atomic mass is 35.5. The first kappa shape index (κ1) is 18.1. The van der Waals surface area contributed by atoms with Crippen molar-refractivity contribution in [3.63, 3.8) is 0 Å². The summed E-state index contributed by atoms with van der Waals surface area (Å²) in [5.41, 5.74) is 0.327. The van der Waals surface area contributed by atoms with Crippen molar-refractivity contribution in [2.45, 2.75) is 6.18 Å². The summed E-state index contributed by atoms with van der Waals surface area (Å²) in [5, 5.41) is 2.75. The number of fused-ring (bicyclic) bond motifs is 1. The number of halogens is 4. The van der Waals surface area contributed by atoms with Crippen LogP contribution in [-0.2, 0) is 11.0 Å². The molecule has 0 saturated heterocycles.